The van der Waals surface area contributed by atoms with E-state index in [2.05, 4.69) is 0 Å². The van der Waals surface area contributed by atoms with Crippen LogP contribution in [-0.4, -0.2) is 26.6 Å². The van der Waals surface area contributed by atoms with E-state index in [4.69, 9.17) is 9.47 Å². The average Bonchev–Trinajstić information content (AvgIpc) is 2.84. The summed E-state index contributed by atoms with van der Waals surface area (Å²) in [5.74, 6) is 1.03. The number of ether oxygens (including phenoxy) is 2. The molecule has 1 fully saturated rings. The highest BCUT2D eigenvalue weighted by Gasteiger charge is 2.26. The van der Waals surface area contributed by atoms with Crippen LogP contribution in [0.25, 0.3) is 0 Å². The number of benzene rings is 1. The molecule has 2 unspecified atom stereocenters. The second kappa shape index (κ2) is 5.12. The van der Waals surface area contributed by atoms with Gasteiger partial charge in [0, 0.05) is 12.5 Å². The van der Waals surface area contributed by atoms with Crippen LogP contribution in [0.1, 0.15) is 17.9 Å². The van der Waals surface area contributed by atoms with Crippen molar-refractivity contribution in [1.29, 1.82) is 0 Å². The SMILES string of the molecule is COc1cccc(C(C=O)C2CCOC2)c1. The Labute approximate surface area is 95.4 Å². The monoisotopic (exact) mass is 220 g/mol. The first kappa shape index (κ1) is 11.1. The van der Waals surface area contributed by atoms with Crippen molar-refractivity contribution in [2.24, 2.45) is 5.92 Å². The van der Waals surface area contributed by atoms with Crippen LogP contribution in [0, 0.1) is 5.92 Å². The highest BCUT2D eigenvalue weighted by molar-refractivity contribution is 5.63. The Hall–Kier alpha value is -1.35. The molecule has 0 amide bonds. The normalized spacial score (nSPS) is 21.7. The van der Waals surface area contributed by atoms with Gasteiger partial charge in [0.15, 0.2) is 0 Å². The fourth-order valence-electron chi connectivity index (χ4n) is 2.15. The van der Waals surface area contributed by atoms with Crippen LogP contribution < -0.4 is 4.74 Å². The number of hydrogen-bond acceptors (Lipinski definition) is 3. The summed E-state index contributed by atoms with van der Waals surface area (Å²) in [6, 6.07) is 7.70. The average molecular weight is 220 g/mol. The highest BCUT2D eigenvalue weighted by atomic mass is 16.5. The molecule has 1 aliphatic heterocycles. The van der Waals surface area contributed by atoms with Crippen LogP contribution in [0.15, 0.2) is 24.3 Å². The molecular formula is C13H16O3. The number of rotatable bonds is 4. The van der Waals surface area contributed by atoms with Crippen molar-refractivity contribution in [3.8, 4) is 5.75 Å². The maximum atomic E-state index is 11.2. The molecule has 0 saturated carbocycles. The van der Waals surface area contributed by atoms with E-state index in [1.807, 2.05) is 24.3 Å². The molecule has 0 spiro atoms. The first-order chi connectivity index (χ1) is 7.85. The van der Waals surface area contributed by atoms with Crippen LogP contribution in [0.4, 0.5) is 0 Å². The first-order valence-electron chi connectivity index (χ1n) is 5.52. The van der Waals surface area contributed by atoms with Crippen molar-refractivity contribution in [2.45, 2.75) is 12.3 Å². The molecule has 2 atom stereocenters. The molecule has 16 heavy (non-hydrogen) atoms. The molecule has 3 heteroatoms. The number of methoxy groups -OCH3 is 1. The summed E-state index contributed by atoms with van der Waals surface area (Å²) in [6.07, 6.45) is 1.98. The molecule has 0 radical (unpaired) electrons. The van der Waals surface area contributed by atoms with Crippen molar-refractivity contribution < 1.29 is 14.3 Å². The molecule has 0 aromatic heterocycles. The van der Waals surface area contributed by atoms with Gasteiger partial charge in [-0.25, -0.2) is 0 Å². The van der Waals surface area contributed by atoms with E-state index in [1.54, 1.807) is 7.11 Å². The van der Waals surface area contributed by atoms with Crippen molar-refractivity contribution in [1.82, 2.24) is 0 Å². The molecule has 1 saturated heterocycles. The molecule has 2 rings (SSSR count). The van der Waals surface area contributed by atoms with Crippen LogP contribution >= 0.6 is 0 Å². The third-order valence-corrected chi connectivity index (χ3v) is 3.10. The van der Waals surface area contributed by atoms with E-state index in [-0.39, 0.29) is 5.92 Å². The predicted molar refractivity (Wildman–Crippen MR) is 60.7 cm³/mol. The summed E-state index contributed by atoms with van der Waals surface area (Å²) in [7, 11) is 1.63. The van der Waals surface area contributed by atoms with Gasteiger partial charge in [0.25, 0.3) is 0 Å². The van der Waals surface area contributed by atoms with Crippen molar-refractivity contribution >= 4 is 6.29 Å². The Morgan fingerprint density at radius 1 is 1.56 bits per heavy atom. The largest absolute Gasteiger partial charge is 0.497 e. The molecule has 0 N–H and O–H groups in total. The van der Waals surface area contributed by atoms with Gasteiger partial charge in [-0.15, -0.1) is 0 Å². The molecule has 1 aromatic rings. The van der Waals surface area contributed by atoms with Crippen LogP contribution in [0.3, 0.4) is 0 Å². The molecule has 0 bridgehead atoms. The molecule has 86 valence electrons. The van der Waals surface area contributed by atoms with Gasteiger partial charge in [0.05, 0.1) is 13.7 Å². The Bertz CT molecular complexity index is 356. The van der Waals surface area contributed by atoms with E-state index < -0.39 is 0 Å². The van der Waals surface area contributed by atoms with E-state index in [1.165, 1.54) is 0 Å². The Morgan fingerprint density at radius 3 is 3.06 bits per heavy atom. The predicted octanol–water partition coefficient (Wildman–Crippen LogP) is 2.01. The van der Waals surface area contributed by atoms with Gasteiger partial charge in [0.1, 0.15) is 12.0 Å². The third-order valence-electron chi connectivity index (χ3n) is 3.10. The number of aldehydes is 1. The lowest BCUT2D eigenvalue weighted by Crippen LogP contribution is -2.14. The van der Waals surface area contributed by atoms with Gasteiger partial charge >= 0.3 is 0 Å². The fraction of sp³-hybridized carbons (Fsp3) is 0.462. The van der Waals surface area contributed by atoms with Crippen LogP contribution in [0.2, 0.25) is 0 Å². The minimum atomic E-state index is -0.0717. The lowest BCUT2D eigenvalue weighted by atomic mass is 9.86. The van der Waals surface area contributed by atoms with Gasteiger partial charge in [0.2, 0.25) is 0 Å². The lowest BCUT2D eigenvalue weighted by Gasteiger charge is -2.17. The smallest absolute Gasteiger partial charge is 0.127 e. The second-order valence-corrected chi connectivity index (χ2v) is 4.06. The minimum Gasteiger partial charge on any atom is -0.497 e. The Balaban J connectivity index is 2.21. The topological polar surface area (TPSA) is 35.5 Å². The number of hydrogen-bond donors (Lipinski definition) is 0. The molecule has 3 nitrogen and oxygen atoms in total. The van der Waals surface area contributed by atoms with Gasteiger partial charge < -0.3 is 14.3 Å². The zero-order valence-corrected chi connectivity index (χ0v) is 9.39. The summed E-state index contributed by atoms with van der Waals surface area (Å²) in [5.41, 5.74) is 1.02. The Morgan fingerprint density at radius 2 is 2.44 bits per heavy atom. The molecule has 1 heterocycles. The van der Waals surface area contributed by atoms with Crippen molar-refractivity contribution in [2.75, 3.05) is 20.3 Å². The first-order valence-corrected chi connectivity index (χ1v) is 5.52. The number of carbonyl (C=O) groups excluding carboxylic acids is 1. The number of carbonyl (C=O) groups is 1. The van der Waals surface area contributed by atoms with Gasteiger partial charge in [-0.1, -0.05) is 12.1 Å². The lowest BCUT2D eigenvalue weighted by molar-refractivity contribution is -0.110. The summed E-state index contributed by atoms with van der Waals surface area (Å²) in [5, 5.41) is 0. The van der Waals surface area contributed by atoms with Gasteiger partial charge in [-0.2, -0.15) is 0 Å². The quantitative estimate of drug-likeness (QED) is 0.728. The van der Waals surface area contributed by atoms with Crippen molar-refractivity contribution in [3.05, 3.63) is 29.8 Å². The summed E-state index contributed by atoms with van der Waals surface area (Å²) in [4.78, 5) is 11.2. The zero-order chi connectivity index (χ0) is 11.4. The van der Waals surface area contributed by atoms with Gasteiger partial charge in [-0.05, 0) is 30.0 Å². The van der Waals surface area contributed by atoms with Crippen LogP contribution in [-0.2, 0) is 9.53 Å². The second-order valence-electron chi connectivity index (χ2n) is 4.06. The van der Waals surface area contributed by atoms with Gasteiger partial charge in [-0.3, -0.25) is 0 Å². The maximum absolute atomic E-state index is 11.2. The standard InChI is InChI=1S/C13H16O3/c1-15-12-4-2-3-10(7-12)13(8-14)11-5-6-16-9-11/h2-4,7-8,11,13H,5-6,9H2,1H3. The van der Waals surface area contributed by atoms with E-state index in [9.17, 15) is 4.79 Å². The summed E-state index contributed by atoms with van der Waals surface area (Å²) >= 11 is 0. The molecule has 1 aliphatic rings. The maximum Gasteiger partial charge on any atom is 0.127 e. The van der Waals surface area contributed by atoms with Crippen LogP contribution in [0.5, 0.6) is 5.75 Å². The van der Waals surface area contributed by atoms with E-state index in [0.29, 0.717) is 12.5 Å². The summed E-state index contributed by atoms with van der Waals surface area (Å²) < 4.78 is 10.5. The zero-order valence-electron chi connectivity index (χ0n) is 9.39. The van der Waals surface area contributed by atoms with Crippen molar-refractivity contribution in [3.63, 3.8) is 0 Å². The highest BCUT2D eigenvalue weighted by Crippen LogP contribution is 2.30. The van der Waals surface area contributed by atoms with E-state index in [0.717, 1.165) is 30.6 Å². The minimum absolute atomic E-state index is 0.0717. The summed E-state index contributed by atoms with van der Waals surface area (Å²) in [6.45, 7) is 1.44. The third kappa shape index (κ3) is 2.25. The molecule has 0 aliphatic carbocycles. The molecular weight excluding hydrogens is 204 g/mol. The fourth-order valence-corrected chi connectivity index (χ4v) is 2.15. The molecule has 1 aromatic carbocycles. The van der Waals surface area contributed by atoms with E-state index >= 15 is 0 Å². The Kier molecular flexibility index (Phi) is 3.57.